The SMILES string of the molecule is CNC(=O)C(C)c1ccc(O)cc1. The van der Waals surface area contributed by atoms with Crippen LogP contribution in [0.3, 0.4) is 0 Å². The number of carbonyl (C=O) groups is 1. The molecule has 0 aliphatic heterocycles. The van der Waals surface area contributed by atoms with E-state index in [9.17, 15) is 4.79 Å². The maximum atomic E-state index is 11.2. The number of phenolic OH excluding ortho intramolecular Hbond substituents is 1. The molecule has 0 heterocycles. The topological polar surface area (TPSA) is 49.3 Å². The van der Waals surface area contributed by atoms with Crippen LogP contribution in [0.15, 0.2) is 24.3 Å². The van der Waals surface area contributed by atoms with Crippen LogP contribution in [0.25, 0.3) is 0 Å². The largest absolute Gasteiger partial charge is 0.508 e. The number of carbonyl (C=O) groups excluding carboxylic acids is 1. The normalized spacial score (nSPS) is 12.2. The molecule has 1 rings (SSSR count). The number of phenols is 1. The number of hydrogen-bond acceptors (Lipinski definition) is 2. The summed E-state index contributed by atoms with van der Waals surface area (Å²) in [5.41, 5.74) is 0.900. The van der Waals surface area contributed by atoms with E-state index < -0.39 is 0 Å². The first kappa shape index (κ1) is 9.58. The van der Waals surface area contributed by atoms with E-state index in [4.69, 9.17) is 5.11 Å². The van der Waals surface area contributed by atoms with Crippen LogP contribution in [0.5, 0.6) is 5.75 Å². The predicted octanol–water partition coefficient (Wildman–Crippen LogP) is 1.24. The van der Waals surface area contributed by atoms with Crippen LogP contribution in [-0.4, -0.2) is 18.1 Å². The van der Waals surface area contributed by atoms with E-state index >= 15 is 0 Å². The van der Waals surface area contributed by atoms with Gasteiger partial charge >= 0.3 is 0 Å². The van der Waals surface area contributed by atoms with Crippen molar-refractivity contribution in [2.24, 2.45) is 0 Å². The summed E-state index contributed by atoms with van der Waals surface area (Å²) in [6.07, 6.45) is 0. The number of likely N-dealkylation sites (N-methyl/N-ethyl adjacent to an activating group) is 1. The highest BCUT2D eigenvalue weighted by molar-refractivity contribution is 5.82. The molecule has 2 N–H and O–H groups in total. The number of benzene rings is 1. The van der Waals surface area contributed by atoms with Crippen LogP contribution >= 0.6 is 0 Å². The van der Waals surface area contributed by atoms with E-state index in [1.54, 1.807) is 31.3 Å². The lowest BCUT2D eigenvalue weighted by Crippen LogP contribution is -2.23. The minimum Gasteiger partial charge on any atom is -0.508 e. The summed E-state index contributed by atoms with van der Waals surface area (Å²) in [5, 5.41) is 11.6. The van der Waals surface area contributed by atoms with Crippen LogP contribution < -0.4 is 5.32 Å². The summed E-state index contributed by atoms with van der Waals surface area (Å²) in [6.45, 7) is 1.82. The molecule has 13 heavy (non-hydrogen) atoms. The van der Waals surface area contributed by atoms with Gasteiger partial charge in [-0.2, -0.15) is 0 Å². The minimum atomic E-state index is -0.175. The van der Waals surface area contributed by atoms with Gasteiger partial charge in [-0.05, 0) is 24.6 Å². The fourth-order valence-corrected chi connectivity index (χ4v) is 1.13. The van der Waals surface area contributed by atoms with E-state index in [0.29, 0.717) is 0 Å². The second-order valence-electron chi connectivity index (χ2n) is 2.93. The summed E-state index contributed by atoms with van der Waals surface area (Å²) >= 11 is 0. The Labute approximate surface area is 77.4 Å². The predicted molar refractivity (Wildman–Crippen MR) is 50.6 cm³/mol. The van der Waals surface area contributed by atoms with Gasteiger partial charge in [0.1, 0.15) is 5.75 Å². The Morgan fingerprint density at radius 1 is 1.38 bits per heavy atom. The highest BCUT2D eigenvalue weighted by Crippen LogP contribution is 2.18. The molecular formula is C10H13NO2. The van der Waals surface area contributed by atoms with Gasteiger partial charge in [0.05, 0.1) is 5.92 Å². The molecule has 1 aromatic carbocycles. The van der Waals surface area contributed by atoms with E-state index in [0.717, 1.165) is 5.56 Å². The zero-order valence-corrected chi connectivity index (χ0v) is 7.74. The third-order valence-corrected chi connectivity index (χ3v) is 2.03. The molecule has 1 unspecified atom stereocenters. The lowest BCUT2D eigenvalue weighted by atomic mass is 10.0. The van der Waals surface area contributed by atoms with Crippen molar-refractivity contribution >= 4 is 5.91 Å². The van der Waals surface area contributed by atoms with Crippen LogP contribution in [-0.2, 0) is 4.79 Å². The highest BCUT2D eigenvalue weighted by atomic mass is 16.3. The molecule has 1 aromatic rings. The van der Waals surface area contributed by atoms with E-state index in [-0.39, 0.29) is 17.6 Å². The van der Waals surface area contributed by atoms with E-state index in [2.05, 4.69) is 5.32 Å². The molecule has 0 saturated carbocycles. The number of hydrogen-bond donors (Lipinski definition) is 2. The van der Waals surface area contributed by atoms with Gasteiger partial charge in [0, 0.05) is 7.05 Å². The number of amides is 1. The maximum Gasteiger partial charge on any atom is 0.227 e. The van der Waals surface area contributed by atoms with Crippen molar-refractivity contribution < 1.29 is 9.90 Å². The van der Waals surface area contributed by atoms with Crippen molar-refractivity contribution in [2.45, 2.75) is 12.8 Å². The lowest BCUT2D eigenvalue weighted by Gasteiger charge is -2.09. The molecule has 0 aromatic heterocycles. The Kier molecular flexibility index (Phi) is 2.90. The first-order valence-electron chi connectivity index (χ1n) is 4.15. The van der Waals surface area contributed by atoms with Gasteiger partial charge in [-0.3, -0.25) is 4.79 Å². The molecule has 0 aliphatic carbocycles. The Balaban J connectivity index is 2.83. The maximum absolute atomic E-state index is 11.2. The lowest BCUT2D eigenvalue weighted by molar-refractivity contribution is -0.121. The zero-order chi connectivity index (χ0) is 9.84. The second kappa shape index (κ2) is 3.94. The summed E-state index contributed by atoms with van der Waals surface area (Å²) in [6, 6.07) is 6.65. The molecule has 0 saturated heterocycles. The standard InChI is InChI=1S/C10H13NO2/c1-7(10(13)11-2)8-3-5-9(12)6-4-8/h3-7,12H,1-2H3,(H,11,13). The minimum absolute atomic E-state index is 0.0225. The number of rotatable bonds is 2. The van der Waals surface area contributed by atoms with Gasteiger partial charge in [-0.15, -0.1) is 0 Å². The smallest absolute Gasteiger partial charge is 0.227 e. The van der Waals surface area contributed by atoms with E-state index in [1.165, 1.54) is 0 Å². The molecule has 0 fully saturated rings. The molecule has 1 atom stereocenters. The van der Waals surface area contributed by atoms with Gasteiger partial charge in [0.25, 0.3) is 0 Å². The molecule has 3 heteroatoms. The van der Waals surface area contributed by atoms with E-state index in [1.807, 2.05) is 6.92 Å². The first-order chi connectivity index (χ1) is 6.15. The Morgan fingerprint density at radius 3 is 2.38 bits per heavy atom. The Morgan fingerprint density at radius 2 is 1.92 bits per heavy atom. The molecule has 1 amide bonds. The van der Waals surface area contributed by atoms with Crippen molar-refractivity contribution in [3.63, 3.8) is 0 Å². The summed E-state index contributed by atoms with van der Waals surface area (Å²) in [7, 11) is 1.61. The Hall–Kier alpha value is -1.51. The van der Waals surface area contributed by atoms with Crippen LogP contribution in [0.4, 0.5) is 0 Å². The van der Waals surface area contributed by atoms with Crippen molar-refractivity contribution in [2.75, 3.05) is 7.05 Å². The summed E-state index contributed by atoms with van der Waals surface area (Å²) in [4.78, 5) is 11.2. The number of nitrogens with one attached hydrogen (secondary N) is 1. The molecule has 70 valence electrons. The van der Waals surface area contributed by atoms with Crippen molar-refractivity contribution in [3.05, 3.63) is 29.8 Å². The van der Waals surface area contributed by atoms with Crippen LogP contribution in [0.1, 0.15) is 18.4 Å². The first-order valence-corrected chi connectivity index (χ1v) is 4.15. The zero-order valence-electron chi connectivity index (χ0n) is 7.74. The van der Waals surface area contributed by atoms with Gasteiger partial charge < -0.3 is 10.4 Å². The van der Waals surface area contributed by atoms with Gasteiger partial charge in [0.15, 0.2) is 0 Å². The van der Waals surface area contributed by atoms with Gasteiger partial charge in [-0.25, -0.2) is 0 Å². The van der Waals surface area contributed by atoms with Crippen molar-refractivity contribution in [3.8, 4) is 5.75 Å². The Bertz CT molecular complexity index is 292. The second-order valence-corrected chi connectivity index (χ2v) is 2.93. The van der Waals surface area contributed by atoms with Crippen LogP contribution in [0, 0.1) is 0 Å². The monoisotopic (exact) mass is 179 g/mol. The quantitative estimate of drug-likeness (QED) is 0.717. The average Bonchev–Trinajstić information content (AvgIpc) is 2.17. The summed E-state index contributed by atoms with van der Waals surface area (Å²) < 4.78 is 0. The highest BCUT2D eigenvalue weighted by Gasteiger charge is 2.12. The third kappa shape index (κ3) is 2.21. The molecule has 0 radical (unpaired) electrons. The fraction of sp³-hybridized carbons (Fsp3) is 0.300. The van der Waals surface area contributed by atoms with Crippen molar-refractivity contribution in [1.82, 2.24) is 5.32 Å². The van der Waals surface area contributed by atoms with Crippen LogP contribution in [0.2, 0.25) is 0 Å². The molecule has 0 spiro atoms. The van der Waals surface area contributed by atoms with Gasteiger partial charge in [-0.1, -0.05) is 12.1 Å². The van der Waals surface area contributed by atoms with Gasteiger partial charge in [0.2, 0.25) is 5.91 Å². The molecule has 0 aliphatic rings. The molecule has 0 bridgehead atoms. The number of aromatic hydroxyl groups is 1. The summed E-state index contributed by atoms with van der Waals surface area (Å²) in [5.74, 6) is 0.0177. The molecule has 3 nitrogen and oxygen atoms in total. The third-order valence-electron chi connectivity index (χ3n) is 2.03. The average molecular weight is 179 g/mol. The van der Waals surface area contributed by atoms with Crippen molar-refractivity contribution in [1.29, 1.82) is 0 Å². The fourth-order valence-electron chi connectivity index (χ4n) is 1.13. The molecular weight excluding hydrogens is 166 g/mol.